The van der Waals surface area contributed by atoms with E-state index in [4.69, 9.17) is 16.0 Å². The zero-order chi connectivity index (χ0) is 15.0. The highest BCUT2D eigenvalue weighted by atomic mass is 35.5. The quantitative estimate of drug-likeness (QED) is 0.832. The van der Waals surface area contributed by atoms with Gasteiger partial charge in [0.2, 0.25) is 5.09 Å². The molecule has 1 aliphatic carbocycles. The number of piperidine rings is 1. The van der Waals surface area contributed by atoms with Crippen LogP contribution >= 0.6 is 11.6 Å². The second-order valence-corrected chi connectivity index (χ2v) is 8.49. The highest BCUT2D eigenvalue weighted by molar-refractivity contribution is 7.89. The average molecular weight is 338 g/mol. The number of hydrogen-bond donors (Lipinski definition) is 0. The summed E-state index contributed by atoms with van der Waals surface area (Å²) in [4.78, 5) is 0. The summed E-state index contributed by atoms with van der Waals surface area (Å²) in [5.41, 5.74) is -0.967. The molecular formula is C13H14ClF2NO3S. The smallest absolute Gasteiger partial charge is 0.277 e. The summed E-state index contributed by atoms with van der Waals surface area (Å²) >= 11 is 5.64. The molecule has 8 heteroatoms. The minimum atomic E-state index is -3.80. The second kappa shape index (κ2) is 4.00. The molecule has 0 radical (unpaired) electrons. The first-order valence-corrected chi connectivity index (χ1v) is 8.74. The van der Waals surface area contributed by atoms with Gasteiger partial charge in [0.05, 0.1) is 0 Å². The Morgan fingerprint density at radius 1 is 1.24 bits per heavy atom. The van der Waals surface area contributed by atoms with Gasteiger partial charge >= 0.3 is 0 Å². The SMILES string of the molecule is O=S(=O)(c1ccc(Cl)o1)N1C2CCC1CC1(C2)CC1(F)F. The third kappa shape index (κ3) is 1.83. The molecule has 2 unspecified atom stereocenters. The molecule has 2 bridgehead atoms. The topological polar surface area (TPSA) is 50.5 Å². The molecule has 0 amide bonds. The van der Waals surface area contributed by atoms with Gasteiger partial charge in [0.15, 0.2) is 5.22 Å². The van der Waals surface area contributed by atoms with E-state index in [-0.39, 0.29) is 41.7 Å². The van der Waals surface area contributed by atoms with E-state index in [1.165, 1.54) is 16.4 Å². The molecule has 1 aromatic heterocycles. The van der Waals surface area contributed by atoms with Crippen LogP contribution in [-0.2, 0) is 10.0 Å². The molecule has 4 rings (SSSR count). The standard InChI is InChI=1S/C13H14ClF2NO3S/c14-10-3-4-11(20-10)21(18,19)17-8-1-2-9(17)6-12(5-8)7-13(12,15)16/h3-4,8-9H,1-2,5-7H2. The van der Waals surface area contributed by atoms with Crippen LogP contribution in [0.2, 0.25) is 5.22 Å². The van der Waals surface area contributed by atoms with E-state index in [1.807, 2.05) is 0 Å². The van der Waals surface area contributed by atoms with E-state index in [2.05, 4.69) is 0 Å². The van der Waals surface area contributed by atoms with Gasteiger partial charge in [-0.05, 0) is 49.4 Å². The lowest BCUT2D eigenvalue weighted by Crippen LogP contribution is -2.48. The number of halogens is 3. The second-order valence-electron chi connectivity index (χ2n) is 6.35. The van der Waals surface area contributed by atoms with Crippen molar-refractivity contribution in [3.63, 3.8) is 0 Å². The number of furan rings is 1. The first kappa shape index (κ1) is 14.0. The lowest BCUT2D eigenvalue weighted by atomic mass is 9.88. The van der Waals surface area contributed by atoms with Crippen molar-refractivity contribution in [3.8, 4) is 0 Å². The molecular weight excluding hydrogens is 324 g/mol. The third-order valence-corrected chi connectivity index (χ3v) is 7.18. The Morgan fingerprint density at radius 3 is 2.24 bits per heavy atom. The summed E-state index contributed by atoms with van der Waals surface area (Å²) in [5, 5.41) is -0.203. The Balaban J connectivity index is 1.66. The fourth-order valence-corrected chi connectivity index (χ4v) is 6.04. The van der Waals surface area contributed by atoms with Crippen LogP contribution in [0.4, 0.5) is 8.78 Å². The monoisotopic (exact) mass is 337 g/mol. The zero-order valence-electron chi connectivity index (χ0n) is 11.1. The van der Waals surface area contributed by atoms with Gasteiger partial charge in [-0.25, -0.2) is 17.2 Å². The van der Waals surface area contributed by atoms with Gasteiger partial charge in [0.25, 0.3) is 15.9 Å². The summed E-state index contributed by atoms with van der Waals surface area (Å²) in [6, 6.07) is 1.97. The Kier molecular flexibility index (Phi) is 2.66. The number of fused-ring (bicyclic) bond motifs is 2. The van der Waals surface area contributed by atoms with Gasteiger partial charge < -0.3 is 4.42 Å². The summed E-state index contributed by atoms with van der Waals surface area (Å²) in [7, 11) is -3.80. The Morgan fingerprint density at radius 2 is 1.81 bits per heavy atom. The average Bonchev–Trinajstić information content (AvgIpc) is 2.72. The van der Waals surface area contributed by atoms with Crippen LogP contribution in [0.1, 0.15) is 32.1 Å². The van der Waals surface area contributed by atoms with Crippen molar-refractivity contribution in [2.75, 3.05) is 0 Å². The Hall–Kier alpha value is -0.660. The van der Waals surface area contributed by atoms with E-state index in [1.54, 1.807) is 0 Å². The Labute approximate surface area is 126 Å². The van der Waals surface area contributed by atoms with E-state index >= 15 is 0 Å². The van der Waals surface area contributed by atoms with Crippen LogP contribution in [-0.4, -0.2) is 30.7 Å². The number of alkyl halides is 2. The van der Waals surface area contributed by atoms with Crippen molar-refractivity contribution in [1.82, 2.24) is 4.31 Å². The molecule has 1 spiro atoms. The van der Waals surface area contributed by atoms with Gasteiger partial charge in [-0.15, -0.1) is 0 Å². The third-order valence-electron chi connectivity index (χ3n) is 5.10. The van der Waals surface area contributed by atoms with E-state index in [0.717, 1.165) is 0 Å². The molecule has 21 heavy (non-hydrogen) atoms. The maximum absolute atomic E-state index is 13.6. The van der Waals surface area contributed by atoms with Crippen molar-refractivity contribution in [2.45, 2.75) is 55.2 Å². The summed E-state index contributed by atoms with van der Waals surface area (Å²) < 4.78 is 58.9. The van der Waals surface area contributed by atoms with Gasteiger partial charge in [-0.2, -0.15) is 4.31 Å². The fraction of sp³-hybridized carbons (Fsp3) is 0.692. The van der Waals surface area contributed by atoms with Crippen molar-refractivity contribution in [3.05, 3.63) is 17.4 Å². The first-order valence-electron chi connectivity index (χ1n) is 6.92. The molecule has 3 aliphatic rings. The fourth-order valence-electron chi connectivity index (χ4n) is 4.06. The minimum Gasteiger partial charge on any atom is -0.432 e. The van der Waals surface area contributed by atoms with Crippen LogP contribution in [0.3, 0.4) is 0 Å². The normalized spacial score (nSPS) is 38.0. The number of sulfonamides is 1. The van der Waals surface area contributed by atoms with Crippen LogP contribution < -0.4 is 0 Å². The molecule has 2 saturated heterocycles. The molecule has 4 nitrogen and oxygen atoms in total. The Bertz CT molecular complexity index is 688. The predicted molar refractivity (Wildman–Crippen MR) is 70.8 cm³/mol. The highest BCUT2D eigenvalue weighted by Gasteiger charge is 2.74. The molecule has 1 saturated carbocycles. The molecule has 2 atom stereocenters. The molecule has 0 aromatic carbocycles. The number of hydrogen-bond acceptors (Lipinski definition) is 3. The van der Waals surface area contributed by atoms with Gasteiger partial charge in [0.1, 0.15) is 0 Å². The molecule has 2 aliphatic heterocycles. The molecule has 1 aromatic rings. The van der Waals surface area contributed by atoms with Gasteiger partial charge in [0, 0.05) is 23.9 Å². The number of rotatable bonds is 2. The maximum Gasteiger partial charge on any atom is 0.277 e. The van der Waals surface area contributed by atoms with E-state index in [0.29, 0.717) is 12.8 Å². The van der Waals surface area contributed by atoms with Crippen molar-refractivity contribution in [2.24, 2.45) is 5.41 Å². The minimum absolute atomic E-state index is 0.00290. The molecule has 0 N–H and O–H groups in total. The predicted octanol–water partition coefficient (Wildman–Crippen LogP) is 3.27. The van der Waals surface area contributed by atoms with Crippen molar-refractivity contribution >= 4 is 21.6 Å². The summed E-state index contributed by atoms with van der Waals surface area (Å²) in [5.74, 6) is -2.63. The maximum atomic E-state index is 13.6. The molecule has 3 heterocycles. The summed E-state index contributed by atoms with van der Waals surface area (Å²) in [6.45, 7) is 0. The first-order chi connectivity index (χ1) is 9.75. The van der Waals surface area contributed by atoms with Gasteiger partial charge in [-0.3, -0.25) is 0 Å². The van der Waals surface area contributed by atoms with Crippen molar-refractivity contribution in [1.29, 1.82) is 0 Å². The zero-order valence-corrected chi connectivity index (χ0v) is 12.6. The molecule has 116 valence electrons. The van der Waals surface area contributed by atoms with E-state index in [9.17, 15) is 17.2 Å². The number of nitrogens with zero attached hydrogens (tertiary/aromatic N) is 1. The van der Waals surface area contributed by atoms with E-state index < -0.39 is 21.4 Å². The van der Waals surface area contributed by atoms with Crippen LogP contribution in [0.15, 0.2) is 21.6 Å². The lowest BCUT2D eigenvalue weighted by Gasteiger charge is -2.37. The van der Waals surface area contributed by atoms with Crippen LogP contribution in [0, 0.1) is 5.41 Å². The lowest BCUT2D eigenvalue weighted by molar-refractivity contribution is 0.0265. The summed E-state index contributed by atoms with van der Waals surface area (Å²) in [6.07, 6.45) is 1.65. The van der Waals surface area contributed by atoms with Crippen LogP contribution in [0.25, 0.3) is 0 Å². The molecule has 3 fully saturated rings. The largest absolute Gasteiger partial charge is 0.432 e. The van der Waals surface area contributed by atoms with Crippen LogP contribution in [0.5, 0.6) is 0 Å². The van der Waals surface area contributed by atoms with Gasteiger partial charge in [-0.1, -0.05) is 0 Å². The van der Waals surface area contributed by atoms with Crippen molar-refractivity contribution < 1.29 is 21.6 Å². The highest BCUT2D eigenvalue weighted by Crippen LogP contribution is 2.69.